The molecule has 3 aromatic carbocycles. The fourth-order valence-corrected chi connectivity index (χ4v) is 5.57. The zero-order valence-electron chi connectivity index (χ0n) is 21.4. The summed E-state index contributed by atoms with van der Waals surface area (Å²) in [7, 11) is -4.09. The van der Waals surface area contributed by atoms with Crippen LogP contribution in [0.15, 0.2) is 83.8 Å². The number of carbonyl (C=O) groups is 2. The summed E-state index contributed by atoms with van der Waals surface area (Å²) >= 11 is 6.37. The predicted molar refractivity (Wildman–Crippen MR) is 147 cm³/mol. The van der Waals surface area contributed by atoms with Gasteiger partial charge in [-0.1, -0.05) is 66.2 Å². The molecule has 7 nitrogen and oxygen atoms in total. The van der Waals surface area contributed by atoms with Crippen molar-refractivity contribution in [1.82, 2.24) is 10.2 Å². The third-order valence-corrected chi connectivity index (χ3v) is 8.03. The van der Waals surface area contributed by atoms with Gasteiger partial charge in [-0.3, -0.25) is 13.9 Å². The Bertz CT molecular complexity index is 1350. The van der Waals surface area contributed by atoms with Crippen molar-refractivity contribution in [3.8, 4) is 0 Å². The van der Waals surface area contributed by atoms with E-state index in [1.807, 2.05) is 13.8 Å². The third-order valence-electron chi connectivity index (χ3n) is 5.89. The minimum Gasteiger partial charge on any atom is -0.352 e. The smallest absolute Gasteiger partial charge is 0.264 e. The Labute approximate surface area is 224 Å². The summed E-state index contributed by atoms with van der Waals surface area (Å²) in [6, 6.07) is 21.0. The molecule has 0 aliphatic carbocycles. The Morgan fingerprint density at radius 2 is 1.49 bits per heavy atom. The summed E-state index contributed by atoms with van der Waals surface area (Å²) < 4.78 is 28.6. The standard InChI is InChI=1S/C28H32ClN3O4S/c1-20(2)30-28(34)22(4)31(18-23-13-9-10-16-25(23)29)27(33)19-32(26-17-11-8-12-21(26)3)37(35,36)24-14-6-5-7-15-24/h5-17,20,22H,18-19H2,1-4H3,(H,30,34)/t22-/m0/s1. The Balaban J connectivity index is 2.04. The maximum Gasteiger partial charge on any atom is 0.264 e. The van der Waals surface area contributed by atoms with Gasteiger partial charge in [0.05, 0.1) is 10.6 Å². The van der Waals surface area contributed by atoms with Crippen molar-refractivity contribution in [3.05, 3.63) is 95.0 Å². The van der Waals surface area contributed by atoms with E-state index in [2.05, 4.69) is 5.32 Å². The molecule has 0 saturated heterocycles. The molecule has 1 N–H and O–H groups in total. The average Bonchev–Trinajstić information content (AvgIpc) is 2.87. The molecule has 0 aromatic heterocycles. The van der Waals surface area contributed by atoms with Gasteiger partial charge in [0.1, 0.15) is 12.6 Å². The number of sulfonamides is 1. The van der Waals surface area contributed by atoms with Crippen LogP contribution in [0.25, 0.3) is 0 Å². The van der Waals surface area contributed by atoms with Crippen molar-refractivity contribution in [3.63, 3.8) is 0 Å². The van der Waals surface area contributed by atoms with Crippen LogP contribution in [0, 0.1) is 6.92 Å². The van der Waals surface area contributed by atoms with Crippen LogP contribution in [0.2, 0.25) is 5.02 Å². The van der Waals surface area contributed by atoms with Gasteiger partial charge in [0.15, 0.2) is 0 Å². The lowest BCUT2D eigenvalue weighted by Crippen LogP contribution is -2.52. The zero-order valence-corrected chi connectivity index (χ0v) is 23.0. The van der Waals surface area contributed by atoms with Gasteiger partial charge in [-0.05, 0) is 63.1 Å². The number of aryl methyl sites for hydroxylation is 1. The van der Waals surface area contributed by atoms with Gasteiger partial charge in [-0.2, -0.15) is 0 Å². The van der Waals surface area contributed by atoms with Crippen LogP contribution in [0.4, 0.5) is 5.69 Å². The first-order valence-corrected chi connectivity index (χ1v) is 13.8. The molecule has 0 radical (unpaired) electrons. The van der Waals surface area contributed by atoms with Gasteiger partial charge in [-0.25, -0.2) is 8.42 Å². The summed E-state index contributed by atoms with van der Waals surface area (Å²) in [6.45, 7) is 6.61. The van der Waals surface area contributed by atoms with E-state index in [4.69, 9.17) is 11.6 Å². The van der Waals surface area contributed by atoms with Crippen molar-refractivity contribution in [1.29, 1.82) is 0 Å². The van der Waals surface area contributed by atoms with Gasteiger partial charge in [0, 0.05) is 17.6 Å². The van der Waals surface area contributed by atoms with Crippen molar-refractivity contribution >= 4 is 39.1 Å². The number of rotatable bonds is 10. The van der Waals surface area contributed by atoms with Gasteiger partial charge >= 0.3 is 0 Å². The highest BCUT2D eigenvalue weighted by molar-refractivity contribution is 7.92. The normalized spacial score (nSPS) is 12.2. The minimum atomic E-state index is -4.09. The average molecular weight is 542 g/mol. The molecule has 0 aliphatic heterocycles. The zero-order chi connectivity index (χ0) is 27.2. The molecule has 3 rings (SSSR count). The second-order valence-electron chi connectivity index (χ2n) is 9.06. The highest BCUT2D eigenvalue weighted by Gasteiger charge is 2.33. The number of benzene rings is 3. The molecule has 0 spiro atoms. The van der Waals surface area contributed by atoms with Crippen molar-refractivity contribution in [2.45, 2.75) is 51.2 Å². The quantitative estimate of drug-likeness (QED) is 0.400. The van der Waals surface area contributed by atoms with E-state index in [1.165, 1.54) is 17.0 Å². The van der Waals surface area contributed by atoms with Crippen LogP contribution in [-0.4, -0.2) is 43.8 Å². The summed E-state index contributed by atoms with van der Waals surface area (Å²) in [5.74, 6) is -0.877. The maximum atomic E-state index is 13.9. The summed E-state index contributed by atoms with van der Waals surface area (Å²) in [6.07, 6.45) is 0. The highest BCUT2D eigenvalue weighted by atomic mass is 35.5. The molecule has 0 unspecified atom stereocenters. The van der Waals surface area contributed by atoms with Gasteiger partial charge in [-0.15, -0.1) is 0 Å². The molecule has 0 saturated carbocycles. The van der Waals surface area contributed by atoms with Crippen molar-refractivity contribution < 1.29 is 18.0 Å². The molecular formula is C28H32ClN3O4S. The number of hydrogen-bond acceptors (Lipinski definition) is 4. The number of nitrogens with one attached hydrogen (secondary N) is 1. The monoisotopic (exact) mass is 541 g/mol. The Morgan fingerprint density at radius 3 is 2.11 bits per heavy atom. The minimum absolute atomic E-state index is 0.0399. The maximum absolute atomic E-state index is 13.9. The van der Waals surface area contributed by atoms with Crippen molar-refractivity contribution in [2.75, 3.05) is 10.8 Å². The van der Waals surface area contributed by atoms with E-state index in [1.54, 1.807) is 80.6 Å². The topological polar surface area (TPSA) is 86.8 Å². The molecule has 0 aliphatic rings. The van der Waals surface area contributed by atoms with E-state index in [9.17, 15) is 18.0 Å². The van der Waals surface area contributed by atoms with Crippen LogP contribution < -0.4 is 9.62 Å². The van der Waals surface area contributed by atoms with E-state index in [0.29, 0.717) is 21.8 Å². The highest BCUT2D eigenvalue weighted by Crippen LogP contribution is 2.27. The molecule has 0 heterocycles. The number of hydrogen-bond donors (Lipinski definition) is 1. The van der Waals surface area contributed by atoms with E-state index in [-0.39, 0.29) is 23.4 Å². The Morgan fingerprint density at radius 1 is 0.892 bits per heavy atom. The number of carbonyl (C=O) groups excluding carboxylic acids is 2. The van der Waals surface area contributed by atoms with Crippen LogP contribution in [0.1, 0.15) is 31.9 Å². The van der Waals surface area contributed by atoms with Gasteiger partial charge in [0.25, 0.3) is 10.0 Å². The van der Waals surface area contributed by atoms with E-state index < -0.39 is 28.5 Å². The van der Waals surface area contributed by atoms with E-state index in [0.717, 1.165) is 4.31 Å². The molecule has 9 heteroatoms. The Hall–Kier alpha value is -3.36. The van der Waals surface area contributed by atoms with Crippen LogP contribution in [-0.2, 0) is 26.2 Å². The molecule has 0 fully saturated rings. The summed E-state index contributed by atoms with van der Waals surface area (Å²) in [5.41, 5.74) is 1.73. The molecule has 196 valence electrons. The van der Waals surface area contributed by atoms with Crippen molar-refractivity contribution in [2.24, 2.45) is 0 Å². The molecule has 37 heavy (non-hydrogen) atoms. The lowest BCUT2D eigenvalue weighted by atomic mass is 10.1. The first kappa shape index (κ1) is 28.2. The molecule has 1 atom stereocenters. The summed E-state index contributed by atoms with van der Waals surface area (Å²) in [4.78, 5) is 28.2. The lowest BCUT2D eigenvalue weighted by molar-refractivity contribution is -0.139. The largest absolute Gasteiger partial charge is 0.352 e. The van der Waals surface area contributed by atoms with Crippen LogP contribution in [0.5, 0.6) is 0 Å². The van der Waals surface area contributed by atoms with E-state index >= 15 is 0 Å². The number of para-hydroxylation sites is 1. The lowest BCUT2D eigenvalue weighted by Gasteiger charge is -2.33. The molecule has 2 amide bonds. The third kappa shape index (κ3) is 6.90. The molecule has 3 aromatic rings. The second-order valence-corrected chi connectivity index (χ2v) is 11.3. The number of anilines is 1. The SMILES string of the molecule is Cc1ccccc1N(CC(=O)N(Cc1ccccc1Cl)[C@@H](C)C(=O)NC(C)C)S(=O)(=O)c1ccccc1. The number of halogens is 1. The molecule has 0 bridgehead atoms. The summed E-state index contributed by atoms with van der Waals surface area (Å²) in [5, 5.41) is 3.28. The van der Waals surface area contributed by atoms with Crippen LogP contribution in [0.3, 0.4) is 0 Å². The molecular weight excluding hydrogens is 510 g/mol. The predicted octanol–water partition coefficient (Wildman–Crippen LogP) is 4.79. The fraction of sp³-hybridized carbons (Fsp3) is 0.286. The van der Waals surface area contributed by atoms with Gasteiger partial charge < -0.3 is 10.2 Å². The second kappa shape index (κ2) is 12.3. The number of amides is 2. The Kier molecular flexibility index (Phi) is 9.34. The van der Waals surface area contributed by atoms with Gasteiger partial charge in [0.2, 0.25) is 11.8 Å². The first-order valence-electron chi connectivity index (χ1n) is 12.0. The number of nitrogens with zero attached hydrogens (tertiary/aromatic N) is 2. The first-order chi connectivity index (χ1) is 17.5. The van der Waals surface area contributed by atoms with Crippen LogP contribution >= 0.6 is 11.6 Å². The fourth-order valence-electron chi connectivity index (χ4n) is 3.87.